The number of benzene rings is 1. The highest BCUT2D eigenvalue weighted by atomic mass is 16.6. The van der Waals surface area contributed by atoms with Gasteiger partial charge in [-0.25, -0.2) is 4.79 Å². The second-order valence-electron chi connectivity index (χ2n) is 10.5. The fraction of sp³-hybridized carbons (Fsp3) is 0.640. The minimum Gasteiger partial charge on any atom is -0.465 e. The molecule has 2 aliphatic heterocycles. The van der Waals surface area contributed by atoms with E-state index in [4.69, 9.17) is 4.74 Å². The molecule has 2 amide bonds. The van der Waals surface area contributed by atoms with Crippen LogP contribution in [0.15, 0.2) is 30.3 Å². The van der Waals surface area contributed by atoms with Crippen LogP contribution in [0.5, 0.6) is 0 Å². The summed E-state index contributed by atoms with van der Waals surface area (Å²) in [4.78, 5) is 41.3. The van der Waals surface area contributed by atoms with Crippen LogP contribution in [0, 0.1) is 11.3 Å². The average Bonchev–Trinajstić information content (AvgIpc) is 3.03. The molecule has 8 heteroatoms. The van der Waals surface area contributed by atoms with Crippen LogP contribution in [-0.2, 0) is 20.9 Å². The summed E-state index contributed by atoms with van der Waals surface area (Å²) in [5.41, 5.74) is -0.343. The summed E-state index contributed by atoms with van der Waals surface area (Å²) in [5.74, 6) is -0.537. The molecule has 1 aromatic rings. The predicted molar refractivity (Wildman–Crippen MR) is 125 cm³/mol. The standard InChI is InChI=1S/C25H37N3O5/c1-18-15-27(16-19-8-6-5-7-9-19)17-25(18,14-21(29)33-24(2,3)4)22(30)26-20-10-12-28(13-11-20)23(31)32/h5-9,18,20H,10-17H2,1-4H3,(H,26,30)(H,31,32)/t18-,25+/m1/s1. The first-order valence-electron chi connectivity index (χ1n) is 11.8. The molecule has 0 spiro atoms. The molecule has 0 aliphatic carbocycles. The van der Waals surface area contributed by atoms with E-state index < -0.39 is 17.1 Å². The number of hydrogen-bond acceptors (Lipinski definition) is 5. The maximum Gasteiger partial charge on any atom is 0.407 e. The third kappa shape index (κ3) is 6.47. The zero-order valence-electron chi connectivity index (χ0n) is 20.2. The number of esters is 1. The van der Waals surface area contributed by atoms with Gasteiger partial charge in [-0.15, -0.1) is 0 Å². The number of nitrogens with one attached hydrogen (secondary N) is 1. The van der Waals surface area contributed by atoms with Gasteiger partial charge in [0, 0.05) is 38.8 Å². The van der Waals surface area contributed by atoms with Gasteiger partial charge in [0.05, 0.1) is 11.8 Å². The topological polar surface area (TPSA) is 99.2 Å². The van der Waals surface area contributed by atoms with E-state index in [1.807, 2.05) is 45.9 Å². The predicted octanol–water partition coefficient (Wildman–Crippen LogP) is 3.12. The Morgan fingerprint density at radius 1 is 1.15 bits per heavy atom. The lowest BCUT2D eigenvalue weighted by Gasteiger charge is -2.36. The zero-order chi connectivity index (χ0) is 24.2. The first kappa shape index (κ1) is 25.0. The van der Waals surface area contributed by atoms with Gasteiger partial charge in [0.2, 0.25) is 5.91 Å². The van der Waals surface area contributed by atoms with E-state index in [2.05, 4.69) is 22.3 Å². The van der Waals surface area contributed by atoms with Crippen LogP contribution in [-0.4, -0.2) is 70.7 Å². The highest BCUT2D eigenvalue weighted by Crippen LogP contribution is 2.41. The molecule has 0 bridgehead atoms. The van der Waals surface area contributed by atoms with E-state index in [-0.39, 0.29) is 30.3 Å². The maximum atomic E-state index is 13.7. The van der Waals surface area contributed by atoms with Crippen LogP contribution in [0.2, 0.25) is 0 Å². The number of carbonyl (C=O) groups is 3. The monoisotopic (exact) mass is 459 g/mol. The van der Waals surface area contributed by atoms with Crippen LogP contribution < -0.4 is 5.32 Å². The molecule has 0 saturated carbocycles. The Hall–Kier alpha value is -2.61. The molecule has 0 radical (unpaired) electrons. The Morgan fingerprint density at radius 2 is 1.79 bits per heavy atom. The highest BCUT2D eigenvalue weighted by molar-refractivity contribution is 5.88. The summed E-state index contributed by atoms with van der Waals surface area (Å²) >= 11 is 0. The number of hydrogen-bond donors (Lipinski definition) is 2. The number of carbonyl (C=O) groups excluding carboxylic acids is 2. The van der Waals surface area contributed by atoms with Crippen LogP contribution >= 0.6 is 0 Å². The van der Waals surface area contributed by atoms with E-state index in [1.165, 1.54) is 10.5 Å². The van der Waals surface area contributed by atoms with Crippen molar-refractivity contribution in [2.24, 2.45) is 11.3 Å². The highest BCUT2D eigenvalue weighted by Gasteiger charge is 2.52. The van der Waals surface area contributed by atoms with Gasteiger partial charge in [0.1, 0.15) is 5.60 Å². The quantitative estimate of drug-likeness (QED) is 0.634. The van der Waals surface area contributed by atoms with Gasteiger partial charge in [-0.3, -0.25) is 14.5 Å². The molecule has 2 atom stereocenters. The number of carboxylic acid groups (broad SMARTS) is 1. The van der Waals surface area contributed by atoms with Crippen molar-refractivity contribution in [3.8, 4) is 0 Å². The minimum atomic E-state index is -0.929. The Kier molecular flexibility index (Phi) is 7.67. The molecule has 0 unspecified atom stereocenters. The summed E-state index contributed by atoms with van der Waals surface area (Å²) < 4.78 is 5.60. The zero-order valence-corrected chi connectivity index (χ0v) is 20.2. The molecule has 2 N–H and O–H groups in total. The summed E-state index contributed by atoms with van der Waals surface area (Å²) in [7, 11) is 0. The summed E-state index contributed by atoms with van der Waals surface area (Å²) in [6.07, 6.45) is 0.240. The Morgan fingerprint density at radius 3 is 2.36 bits per heavy atom. The van der Waals surface area contributed by atoms with Crippen molar-refractivity contribution < 1.29 is 24.2 Å². The molecule has 2 fully saturated rings. The second kappa shape index (κ2) is 10.1. The number of likely N-dealkylation sites (tertiary alicyclic amines) is 2. The molecule has 33 heavy (non-hydrogen) atoms. The maximum absolute atomic E-state index is 13.7. The van der Waals surface area contributed by atoms with Crippen molar-refractivity contribution in [2.45, 2.75) is 65.1 Å². The molecule has 8 nitrogen and oxygen atoms in total. The normalized spacial score (nSPS) is 24.5. The van der Waals surface area contributed by atoms with Crippen molar-refractivity contribution in [1.82, 2.24) is 15.1 Å². The van der Waals surface area contributed by atoms with E-state index in [1.54, 1.807) is 0 Å². The average molecular weight is 460 g/mol. The number of nitrogens with zero attached hydrogens (tertiary/aromatic N) is 2. The molecule has 2 heterocycles. The van der Waals surface area contributed by atoms with Gasteiger partial charge in [-0.05, 0) is 45.1 Å². The van der Waals surface area contributed by atoms with Gasteiger partial charge < -0.3 is 20.1 Å². The molecule has 2 aliphatic rings. The van der Waals surface area contributed by atoms with Crippen LogP contribution in [0.1, 0.15) is 52.5 Å². The molecule has 1 aromatic carbocycles. The molecule has 3 rings (SSSR count). The Labute approximate surface area is 196 Å². The summed E-state index contributed by atoms with van der Waals surface area (Å²) in [6.45, 7) is 10.2. The first-order chi connectivity index (χ1) is 15.5. The third-order valence-corrected chi connectivity index (χ3v) is 6.66. The van der Waals surface area contributed by atoms with E-state index in [0.717, 1.165) is 0 Å². The van der Waals surface area contributed by atoms with Crippen molar-refractivity contribution in [1.29, 1.82) is 0 Å². The van der Waals surface area contributed by atoms with E-state index in [0.29, 0.717) is 45.6 Å². The SMILES string of the molecule is C[C@@H]1CN(Cc2ccccc2)C[C@]1(CC(=O)OC(C)(C)C)C(=O)NC1CCN(C(=O)O)CC1. The lowest BCUT2D eigenvalue weighted by Crippen LogP contribution is -2.53. The number of piperidine rings is 1. The second-order valence-corrected chi connectivity index (χ2v) is 10.5. The Bertz CT molecular complexity index is 845. The van der Waals surface area contributed by atoms with Gasteiger partial charge in [-0.1, -0.05) is 37.3 Å². The number of rotatable bonds is 6. The van der Waals surface area contributed by atoms with Crippen molar-refractivity contribution in [3.05, 3.63) is 35.9 Å². The first-order valence-corrected chi connectivity index (χ1v) is 11.8. The van der Waals surface area contributed by atoms with Gasteiger partial charge >= 0.3 is 12.1 Å². The fourth-order valence-electron chi connectivity index (χ4n) is 4.93. The molecule has 182 valence electrons. The van der Waals surface area contributed by atoms with Gasteiger partial charge in [-0.2, -0.15) is 0 Å². The minimum absolute atomic E-state index is 0.0243. The fourth-order valence-corrected chi connectivity index (χ4v) is 4.93. The molecule has 0 aromatic heterocycles. The summed E-state index contributed by atoms with van der Waals surface area (Å²) in [5, 5.41) is 12.3. The number of ether oxygens (including phenoxy) is 1. The van der Waals surface area contributed by atoms with Gasteiger partial charge in [0.25, 0.3) is 0 Å². The van der Waals surface area contributed by atoms with Crippen LogP contribution in [0.4, 0.5) is 4.79 Å². The lowest BCUT2D eigenvalue weighted by atomic mass is 9.75. The molecule has 2 saturated heterocycles. The van der Waals surface area contributed by atoms with E-state index >= 15 is 0 Å². The van der Waals surface area contributed by atoms with Crippen LogP contribution in [0.25, 0.3) is 0 Å². The van der Waals surface area contributed by atoms with Crippen LogP contribution in [0.3, 0.4) is 0 Å². The third-order valence-electron chi connectivity index (χ3n) is 6.66. The molecular formula is C25H37N3O5. The summed E-state index contributed by atoms with van der Waals surface area (Å²) in [6, 6.07) is 10.0. The van der Waals surface area contributed by atoms with Crippen molar-refractivity contribution >= 4 is 18.0 Å². The van der Waals surface area contributed by atoms with Crippen molar-refractivity contribution in [3.63, 3.8) is 0 Å². The van der Waals surface area contributed by atoms with Crippen molar-refractivity contribution in [2.75, 3.05) is 26.2 Å². The van der Waals surface area contributed by atoms with Gasteiger partial charge in [0.15, 0.2) is 0 Å². The largest absolute Gasteiger partial charge is 0.465 e. The van der Waals surface area contributed by atoms with E-state index in [9.17, 15) is 19.5 Å². The molecular weight excluding hydrogens is 422 g/mol. The smallest absolute Gasteiger partial charge is 0.407 e. The Balaban J connectivity index is 1.74. The lowest BCUT2D eigenvalue weighted by molar-refractivity contribution is -0.161. The number of amides is 2.